The Bertz CT molecular complexity index is 178. The first-order valence-corrected chi connectivity index (χ1v) is 3.43. The van der Waals surface area contributed by atoms with Gasteiger partial charge in [0.2, 0.25) is 0 Å². The molecule has 4 heteroatoms. The van der Waals surface area contributed by atoms with E-state index in [1.807, 2.05) is 0 Å². The minimum Gasteiger partial charge on any atom is -0.481 e. The van der Waals surface area contributed by atoms with Gasteiger partial charge in [-0.05, 0) is 6.92 Å². The molecule has 0 aromatic heterocycles. The summed E-state index contributed by atoms with van der Waals surface area (Å²) in [7, 11) is 0. The van der Waals surface area contributed by atoms with Crippen LogP contribution in [0.25, 0.3) is 0 Å². The van der Waals surface area contributed by atoms with Gasteiger partial charge in [-0.3, -0.25) is 4.79 Å². The van der Waals surface area contributed by atoms with Gasteiger partial charge in [0.05, 0.1) is 6.61 Å². The minimum atomic E-state index is -0.745. The van der Waals surface area contributed by atoms with E-state index >= 15 is 0 Å². The number of aliphatic carboxylic acids is 1. The van der Waals surface area contributed by atoms with Gasteiger partial charge in [0, 0.05) is 12.3 Å². The van der Waals surface area contributed by atoms with E-state index in [2.05, 4.69) is 11.2 Å². The molecule has 0 heterocycles. The second-order valence-electron chi connectivity index (χ2n) is 1.61. The SMILES string of the molecule is C#CC(=O)OCC.CCC(=O)O. The highest BCUT2D eigenvalue weighted by Crippen LogP contribution is 1.70. The lowest BCUT2D eigenvalue weighted by Crippen LogP contribution is -1.98. The summed E-state index contributed by atoms with van der Waals surface area (Å²) in [5, 5.41) is 7.72. The van der Waals surface area contributed by atoms with E-state index in [-0.39, 0.29) is 6.42 Å². The summed E-state index contributed by atoms with van der Waals surface area (Å²) in [5.41, 5.74) is 0. The molecule has 0 aliphatic heterocycles. The summed E-state index contributed by atoms with van der Waals surface area (Å²) in [6.07, 6.45) is 4.86. The molecule has 0 aliphatic carbocycles. The van der Waals surface area contributed by atoms with Crippen molar-refractivity contribution < 1.29 is 19.4 Å². The summed E-state index contributed by atoms with van der Waals surface area (Å²) in [6.45, 7) is 3.65. The molecule has 0 aromatic carbocycles. The van der Waals surface area contributed by atoms with Gasteiger partial charge in [-0.15, -0.1) is 6.42 Å². The normalized spacial score (nSPS) is 7.08. The number of carboxylic acids is 1. The maximum Gasteiger partial charge on any atom is 0.384 e. The van der Waals surface area contributed by atoms with Crippen LogP contribution < -0.4 is 0 Å². The Morgan fingerprint density at radius 1 is 1.50 bits per heavy atom. The smallest absolute Gasteiger partial charge is 0.384 e. The molecule has 0 saturated carbocycles. The number of esters is 1. The molecule has 4 nitrogen and oxygen atoms in total. The molecule has 0 aliphatic rings. The zero-order valence-electron chi connectivity index (χ0n) is 7.16. The van der Waals surface area contributed by atoms with Crippen LogP contribution in [-0.4, -0.2) is 23.7 Å². The fourth-order valence-corrected chi connectivity index (χ4v) is 0.173. The van der Waals surface area contributed by atoms with E-state index < -0.39 is 11.9 Å². The second kappa shape index (κ2) is 9.50. The molecule has 1 N–H and O–H groups in total. The quantitative estimate of drug-likeness (QED) is 0.377. The van der Waals surface area contributed by atoms with Gasteiger partial charge in [-0.2, -0.15) is 0 Å². The first-order valence-electron chi connectivity index (χ1n) is 3.43. The Morgan fingerprint density at radius 3 is 2.00 bits per heavy atom. The van der Waals surface area contributed by atoms with Crippen LogP contribution in [0.15, 0.2) is 0 Å². The molecule has 0 saturated heterocycles. The molecule has 12 heavy (non-hydrogen) atoms. The Balaban J connectivity index is 0. The lowest BCUT2D eigenvalue weighted by atomic mass is 10.5. The summed E-state index contributed by atoms with van der Waals surface area (Å²) >= 11 is 0. The number of carbonyl (C=O) groups is 2. The van der Waals surface area contributed by atoms with Crippen LogP contribution in [0.3, 0.4) is 0 Å². The number of hydrogen-bond acceptors (Lipinski definition) is 3. The van der Waals surface area contributed by atoms with Crippen molar-refractivity contribution in [3.63, 3.8) is 0 Å². The number of rotatable bonds is 2. The molecule has 0 aromatic rings. The average Bonchev–Trinajstić information content (AvgIpc) is 2.06. The number of hydrogen-bond donors (Lipinski definition) is 1. The van der Waals surface area contributed by atoms with Gasteiger partial charge in [-0.1, -0.05) is 6.92 Å². The molecule has 68 valence electrons. The van der Waals surface area contributed by atoms with Gasteiger partial charge in [-0.25, -0.2) is 4.79 Å². The topological polar surface area (TPSA) is 63.6 Å². The zero-order valence-corrected chi connectivity index (χ0v) is 7.16. The summed E-state index contributed by atoms with van der Waals surface area (Å²) < 4.78 is 4.32. The maximum atomic E-state index is 9.95. The van der Waals surface area contributed by atoms with Gasteiger partial charge >= 0.3 is 11.9 Å². The summed E-state index contributed by atoms with van der Waals surface area (Å²) in [5.74, 6) is 0.464. The summed E-state index contributed by atoms with van der Waals surface area (Å²) in [6, 6.07) is 0. The van der Waals surface area contributed by atoms with E-state index in [1.165, 1.54) is 0 Å². The highest BCUT2D eigenvalue weighted by atomic mass is 16.5. The maximum absolute atomic E-state index is 9.95. The fraction of sp³-hybridized carbons (Fsp3) is 0.500. The third-order valence-electron chi connectivity index (χ3n) is 0.696. The second-order valence-corrected chi connectivity index (χ2v) is 1.61. The van der Waals surface area contributed by atoms with Crippen LogP contribution in [0.2, 0.25) is 0 Å². The predicted molar refractivity (Wildman–Crippen MR) is 43.4 cm³/mol. The molecule has 0 spiro atoms. The predicted octanol–water partition coefficient (Wildman–Crippen LogP) is 0.664. The Labute approximate surface area is 71.5 Å². The van der Waals surface area contributed by atoms with E-state index in [9.17, 15) is 9.59 Å². The zero-order chi connectivity index (χ0) is 9.98. The van der Waals surface area contributed by atoms with Gasteiger partial charge in [0.25, 0.3) is 0 Å². The Hall–Kier alpha value is -1.50. The minimum absolute atomic E-state index is 0.222. The van der Waals surface area contributed by atoms with Crippen LogP contribution >= 0.6 is 0 Å². The molecule has 0 bridgehead atoms. The molecular formula is C8H12O4. The first-order chi connectivity index (χ1) is 5.58. The van der Waals surface area contributed by atoms with Crippen molar-refractivity contribution in [2.24, 2.45) is 0 Å². The van der Waals surface area contributed by atoms with Crippen molar-refractivity contribution in [2.45, 2.75) is 20.3 Å². The first kappa shape index (κ1) is 13.1. The van der Waals surface area contributed by atoms with Crippen LogP contribution in [0.4, 0.5) is 0 Å². The molecule has 0 atom stereocenters. The number of carboxylic acid groups (broad SMARTS) is 1. The van der Waals surface area contributed by atoms with Crippen molar-refractivity contribution in [3.8, 4) is 12.3 Å². The molecular weight excluding hydrogens is 160 g/mol. The lowest BCUT2D eigenvalue weighted by molar-refractivity contribution is -0.137. The molecule has 0 unspecified atom stereocenters. The van der Waals surface area contributed by atoms with Gasteiger partial charge < -0.3 is 9.84 Å². The fourth-order valence-electron chi connectivity index (χ4n) is 0.173. The van der Waals surface area contributed by atoms with Crippen molar-refractivity contribution in [1.29, 1.82) is 0 Å². The monoisotopic (exact) mass is 172 g/mol. The van der Waals surface area contributed by atoms with Crippen LogP contribution in [0.5, 0.6) is 0 Å². The van der Waals surface area contributed by atoms with E-state index in [0.29, 0.717) is 6.61 Å². The Morgan fingerprint density at radius 2 is 1.92 bits per heavy atom. The molecule has 0 radical (unpaired) electrons. The van der Waals surface area contributed by atoms with Crippen LogP contribution in [0.1, 0.15) is 20.3 Å². The van der Waals surface area contributed by atoms with E-state index in [4.69, 9.17) is 5.11 Å². The van der Waals surface area contributed by atoms with E-state index in [0.717, 1.165) is 0 Å². The van der Waals surface area contributed by atoms with Gasteiger partial charge in [0.15, 0.2) is 0 Å². The Kier molecular flexibility index (Phi) is 10.4. The molecule has 0 rings (SSSR count). The van der Waals surface area contributed by atoms with E-state index in [1.54, 1.807) is 19.8 Å². The number of ether oxygens (including phenoxy) is 1. The van der Waals surface area contributed by atoms with Crippen molar-refractivity contribution in [3.05, 3.63) is 0 Å². The van der Waals surface area contributed by atoms with Crippen molar-refractivity contribution in [2.75, 3.05) is 6.61 Å². The highest BCUT2D eigenvalue weighted by Gasteiger charge is 1.87. The van der Waals surface area contributed by atoms with Crippen LogP contribution in [-0.2, 0) is 14.3 Å². The van der Waals surface area contributed by atoms with Crippen molar-refractivity contribution >= 4 is 11.9 Å². The largest absolute Gasteiger partial charge is 0.481 e. The van der Waals surface area contributed by atoms with Crippen LogP contribution in [0, 0.1) is 12.3 Å². The highest BCUT2D eigenvalue weighted by molar-refractivity contribution is 5.87. The third kappa shape index (κ3) is 15.8. The molecule has 0 fully saturated rings. The lowest BCUT2D eigenvalue weighted by Gasteiger charge is -1.88. The summed E-state index contributed by atoms with van der Waals surface area (Å²) in [4.78, 5) is 19.3. The van der Waals surface area contributed by atoms with Gasteiger partial charge in [0.1, 0.15) is 0 Å². The molecule has 0 amide bonds. The standard InChI is InChI=1S/C5H6O2.C3H6O2/c1-3-5(6)7-4-2;1-2-3(4)5/h1H,4H2,2H3;2H2,1H3,(H,4,5). The van der Waals surface area contributed by atoms with Crippen molar-refractivity contribution in [1.82, 2.24) is 0 Å². The average molecular weight is 172 g/mol. The number of carbonyl (C=O) groups excluding carboxylic acids is 1. The number of terminal acetylenes is 1. The third-order valence-corrected chi connectivity index (χ3v) is 0.696.